The van der Waals surface area contributed by atoms with E-state index < -0.39 is 0 Å². The van der Waals surface area contributed by atoms with Gasteiger partial charge in [-0.1, -0.05) is 172 Å². The number of nitrogens with zero attached hydrogens (tertiary/aromatic N) is 2. The van der Waals surface area contributed by atoms with E-state index in [2.05, 4.69) is 80.8 Å². The van der Waals surface area contributed by atoms with E-state index in [9.17, 15) is 4.79 Å². The first-order chi connectivity index (χ1) is 24.6. The number of amides is 1. The van der Waals surface area contributed by atoms with E-state index in [1.807, 2.05) is 6.08 Å². The fourth-order valence-electron chi connectivity index (χ4n) is 6.87. The van der Waals surface area contributed by atoms with Crippen LogP contribution >= 0.6 is 0 Å². The van der Waals surface area contributed by atoms with E-state index in [-0.39, 0.29) is 5.92 Å². The van der Waals surface area contributed by atoms with Gasteiger partial charge in [-0.25, -0.2) is 0 Å². The molecule has 0 aromatic rings. The third kappa shape index (κ3) is 34.8. The summed E-state index contributed by atoms with van der Waals surface area (Å²) in [5, 5.41) is 0. The van der Waals surface area contributed by atoms with Crippen LogP contribution in [0.25, 0.3) is 0 Å². The van der Waals surface area contributed by atoms with E-state index in [1.165, 1.54) is 161 Å². The summed E-state index contributed by atoms with van der Waals surface area (Å²) in [6.07, 6.45) is 53.6. The third-order valence-corrected chi connectivity index (χ3v) is 10.1. The van der Waals surface area contributed by atoms with Crippen molar-refractivity contribution in [1.82, 2.24) is 9.80 Å². The maximum atomic E-state index is 14.1. The van der Waals surface area contributed by atoms with Crippen LogP contribution in [-0.4, -0.2) is 49.4 Å². The molecule has 0 spiro atoms. The zero-order chi connectivity index (χ0) is 36.6. The molecule has 0 saturated heterocycles. The van der Waals surface area contributed by atoms with Gasteiger partial charge >= 0.3 is 0 Å². The van der Waals surface area contributed by atoms with Gasteiger partial charge in [-0.2, -0.15) is 0 Å². The van der Waals surface area contributed by atoms with E-state index in [0.717, 1.165) is 51.7 Å². The van der Waals surface area contributed by atoms with Crippen molar-refractivity contribution < 1.29 is 4.79 Å². The van der Waals surface area contributed by atoms with Crippen LogP contribution < -0.4 is 0 Å². The van der Waals surface area contributed by atoms with Gasteiger partial charge in [0.05, 0.1) is 0 Å². The third-order valence-electron chi connectivity index (χ3n) is 10.1. The number of hydrogen-bond donors (Lipinski definition) is 0. The number of carbonyl (C=O) groups is 1. The summed E-state index contributed by atoms with van der Waals surface area (Å²) in [4.78, 5) is 18.7. The van der Waals surface area contributed by atoms with E-state index in [4.69, 9.17) is 0 Å². The van der Waals surface area contributed by atoms with E-state index >= 15 is 0 Å². The lowest BCUT2D eigenvalue weighted by Crippen LogP contribution is -2.38. The molecule has 1 amide bonds. The summed E-state index contributed by atoms with van der Waals surface area (Å²) in [5.74, 6) is 0.698. The Morgan fingerprint density at radius 2 is 0.880 bits per heavy atom. The van der Waals surface area contributed by atoms with Crippen LogP contribution in [0.3, 0.4) is 0 Å². The molecule has 0 aliphatic rings. The minimum Gasteiger partial charge on any atom is -0.342 e. The molecule has 50 heavy (non-hydrogen) atoms. The second-order valence-electron chi connectivity index (χ2n) is 15.4. The summed E-state index contributed by atoms with van der Waals surface area (Å²) >= 11 is 0. The molecule has 0 aromatic carbocycles. The Morgan fingerprint density at radius 3 is 1.38 bits per heavy atom. The van der Waals surface area contributed by atoms with Crippen LogP contribution in [0.1, 0.15) is 206 Å². The highest BCUT2D eigenvalue weighted by molar-refractivity contribution is 5.78. The van der Waals surface area contributed by atoms with E-state index in [0.29, 0.717) is 5.91 Å². The summed E-state index contributed by atoms with van der Waals surface area (Å²) in [7, 11) is 4.30. The Kier molecular flexibility index (Phi) is 38.9. The molecule has 3 heteroatoms. The predicted molar refractivity (Wildman–Crippen MR) is 226 cm³/mol. The zero-order valence-electron chi connectivity index (χ0n) is 34.5. The van der Waals surface area contributed by atoms with Crippen molar-refractivity contribution in [2.45, 2.75) is 206 Å². The quantitative estimate of drug-likeness (QED) is 0.0472. The molecule has 0 rings (SSSR count). The van der Waals surface area contributed by atoms with Crippen molar-refractivity contribution in [3.63, 3.8) is 0 Å². The van der Waals surface area contributed by atoms with Gasteiger partial charge < -0.3 is 9.80 Å². The van der Waals surface area contributed by atoms with Crippen molar-refractivity contribution in [1.29, 1.82) is 0 Å². The fraction of sp³-hybridized carbons (Fsp3) is 0.809. The summed E-state index contributed by atoms with van der Waals surface area (Å²) in [6, 6.07) is 0. The average Bonchev–Trinajstić information content (AvgIpc) is 3.11. The van der Waals surface area contributed by atoms with E-state index in [1.54, 1.807) is 0 Å². The minimum atomic E-state index is 0.222. The molecular weight excluding hydrogens is 609 g/mol. The van der Waals surface area contributed by atoms with Gasteiger partial charge in [0.1, 0.15) is 0 Å². The van der Waals surface area contributed by atoms with Crippen molar-refractivity contribution >= 4 is 5.91 Å². The number of carbonyl (C=O) groups excluding carboxylic acids is 1. The molecule has 0 saturated carbocycles. The molecule has 1 atom stereocenters. The normalized spacial score (nSPS) is 12.7. The highest BCUT2D eigenvalue weighted by atomic mass is 16.2. The first-order valence-corrected chi connectivity index (χ1v) is 22.1. The van der Waals surface area contributed by atoms with Crippen LogP contribution in [0.5, 0.6) is 0 Å². The highest BCUT2D eigenvalue weighted by Crippen LogP contribution is 2.23. The van der Waals surface area contributed by atoms with Crippen molar-refractivity contribution in [3.8, 4) is 0 Å². The van der Waals surface area contributed by atoms with Crippen LogP contribution in [-0.2, 0) is 4.79 Å². The maximum absolute atomic E-state index is 14.1. The SMILES string of the molecule is C=CC/C=C\CCCCCCCCC(CCCCCCCC/C=C\C/C=C\CCCCC)C(=O)N(CCCCCCCCC)CCCN(C)C. The van der Waals surface area contributed by atoms with Gasteiger partial charge in [0.2, 0.25) is 5.91 Å². The van der Waals surface area contributed by atoms with Crippen LogP contribution in [0.2, 0.25) is 0 Å². The molecule has 0 aromatic heterocycles. The second-order valence-corrected chi connectivity index (χ2v) is 15.4. The Morgan fingerprint density at radius 1 is 0.480 bits per heavy atom. The largest absolute Gasteiger partial charge is 0.342 e. The second kappa shape index (κ2) is 40.2. The Hall–Kier alpha value is -1.61. The maximum Gasteiger partial charge on any atom is 0.225 e. The predicted octanol–water partition coefficient (Wildman–Crippen LogP) is 14.6. The van der Waals surface area contributed by atoms with Gasteiger partial charge in [-0.05, 0) is 97.7 Å². The van der Waals surface area contributed by atoms with Gasteiger partial charge in [-0.3, -0.25) is 4.79 Å². The number of hydrogen-bond acceptors (Lipinski definition) is 2. The molecule has 0 bridgehead atoms. The van der Waals surface area contributed by atoms with Crippen LogP contribution in [0, 0.1) is 5.92 Å². The molecule has 0 aliphatic carbocycles. The first kappa shape index (κ1) is 48.4. The molecule has 0 fully saturated rings. The highest BCUT2D eigenvalue weighted by Gasteiger charge is 2.23. The first-order valence-electron chi connectivity index (χ1n) is 22.1. The van der Waals surface area contributed by atoms with Crippen LogP contribution in [0.4, 0.5) is 0 Å². The summed E-state index contributed by atoms with van der Waals surface area (Å²) < 4.78 is 0. The van der Waals surface area contributed by atoms with Crippen molar-refractivity contribution in [3.05, 3.63) is 49.1 Å². The molecule has 3 nitrogen and oxygen atoms in total. The lowest BCUT2D eigenvalue weighted by atomic mass is 9.92. The molecule has 0 aliphatic heterocycles. The monoisotopic (exact) mass is 697 g/mol. The minimum absolute atomic E-state index is 0.222. The molecular formula is C47H88N2O. The number of rotatable bonds is 39. The van der Waals surface area contributed by atoms with Crippen molar-refractivity contribution in [2.75, 3.05) is 33.7 Å². The molecule has 1 unspecified atom stereocenters. The van der Waals surface area contributed by atoms with Crippen molar-refractivity contribution in [2.24, 2.45) is 5.92 Å². The molecule has 0 radical (unpaired) electrons. The average molecular weight is 697 g/mol. The smallest absolute Gasteiger partial charge is 0.225 e. The van der Waals surface area contributed by atoms with Gasteiger partial charge in [-0.15, -0.1) is 6.58 Å². The standard InChI is InChI=1S/C47H88N2O/c1-6-9-12-15-18-20-22-23-24-25-26-28-30-32-35-38-42-46(41-37-34-31-29-27-21-19-16-13-10-7-2)47(50)49(45-40-43-48(4)5)44-39-36-33-17-14-11-8-3/h7,13,16,18,20,23-24,46H,2,6,8-12,14-15,17,19,21-22,25-45H2,1,3-5H3/b16-13-,20-18-,24-23-. The van der Waals surface area contributed by atoms with Crippen LogP contribution in [0.15, 0.2) is 49.1 Å². The van der Waals surface area contributed by atoms with Gasteiger partial charge in [0, 0.05) is 19.0 Å². The molecule has 0 N–H and O–H groups in total. The molecule has 0 heterocycles. The molecule has 292 valence electrons. The fourth-order valence-corrected chi connectivity index (χ4v) is 6.87. The number of unbranched alkanes of at least 4 members (excludes halogenated alkanes) is 21. The zero-order valence-corrected chi connectivity index (χ0v) is 34.5. The van der Waals surface area contributed by atoms with Gasteiger partial charge in [0.15, 0.2) is 0 Å². The lowest BCUT2D eigenvalue weighted by Gasteiger charge is -2.28. The summed E-state index contributed by atoms with van der Waals surface area (Å²) in [5.41, 5.74) is 0. The Balaban J connectivity index is 4.73. The topological polar surface area (TPSA) is 23.6 Å². The Bertz CT molecular complexity index is 797. The summed E-state index contributed by atoms with van der Waals surface area (Å²) in [6.45, 7) is 11.3. The lowest BCUT2D eigenvalue weighted by molar-refractivity contribution is -0.136. The Labute approximate surface area is 314 Å². The number of allylic oxidation sites excluding steroid dienone is 7. The van der Waals surface area contributed by atoms with Gasteiger partial charge in [0.25, 0.3) is 0 Å².